The van der Waals surface area contributed by atoms with Crippen LogP contribution in [-0.2, 0) is 6.54 Å². The molecule has 0 amide bonds. The van der Waals surface area contributed by atoms with Crippen molar-refractivity contribution in [1.82, 2.24) is 4.90 Å². The smallest absolute Gasteiger partial charge is 0.231 e. The largest absolute Gasteiger partial charge is 0.507 e. The first-order chi connectivity index (χ1) is 13.0. The predicted octanol–water partition coefficient (Wildman–Crippen LogP) is 5.15. The minimum atomic E-state index is -0.145. The molecule has 0 spiro atoms. The van der Waals surface area contributed by atoms with Gasteiger partial charge in [0.1, 0.15) is 11.5 Å². The Balaban J connectivity index is 1.68. The van der Waals surface area contributed by atoms with Gasteiger partial charge in [-0.25, -0.2) is 0 Å². The quantitative estimate of drug-likeness (QED) is 0.688. The summed E-state index contributed by atoms with van der Waals surface area (Å²) in [5, 5.41) is 10.5. The Bertz CT molecular complexity index is 922. The fourth-order valence-electron chi connectivity index (χ4n) is 3.78. The molecule has 4 rings (SSSR count). The molecular weight excluding hydrogens is 406 g/mol. The number of piperidine rings is 1. The van der Waals surface area contributed by atoms with Crippen LogP contribution in [0.15, 0.2) is 46.6 Å². The number of aromatic hydroxyl groups is 1. The zero-order valence-corrected chi connectivity index (χ0v) is 16.8. The Morgan fingerprint density at radius 1 is 1.26 bits per heavy atom. The maximum atomic E-state index is 12.8. The number of rotatable bonds is 3. The molecule has 0 bridgehead atoms. The van der Waals surface area contributed by atoms with Gasteiger partial charge in [-0.05, 0) is 56.1 Å². The molecule has 2 aliphatic rings. The van der Waals surface area contributed by atoms with Gasteiger partial charge in [0.05, 0.1) is 11.1 Å². The van der Waals surface area contributed by atoms with Crippen molar-refractivity contribution in [2.24, 2.45) is 0 Å². The molecule has 0 saturated carbocycles. The third kappa shape index (κ3) is 3.54. The zero-order chi connectivity index (χ0) is 19.0. The number of phenols is 1. The summed E-state index contributed by atoms with van der Waals surface area (Å²) in [5.74, 6) is 0.821. The van der Waals surface area contributed by atoms with Crippen molar-refractivity contribution < 1.29 is 14.6 Å². The number of carbonyl (C=O) groups excluding carboxylic acids is 1. The highest BCUT2D eigenvalue weighted by Gasteiger charge is 2.32. The standard InChI is InChI=1S/C22H22BrNO3/c1-14-6-4-5-11-24(14)13-17-19(25)10-9-16-21(26)20(27-22(16)17)12-15-7-2-3-8-18(15)23/h2-3,7-10,12,14,25H,4-6,11,13H2,1H3/b20-12-. The number of hydrogen-bond donors (Lipinski definition) is 1. The lowest BCUT2D eigenvalue weighted by atomic mass is 10.0. The average Bonchev–Trinajstić information content (AvgIpc) is 2.97. The Morgan fingerprint density at radius 2 is 2.07 bits per heavy atom. The van der Waals surface area contributed by atoms with Gasteiger partial charge in [0.15, 0.2) is 5.76 Å². The summed E-state index contributed by atoms with van der Waals surface area (Å²) >= 11 is 3.50. The van der Waals surface area contributed by atoms with Gasteiger partial charge in [-0.3, -0.25) is 9.69 Å². The highest BCUT2D eigenvalue weighted by Crippen LogP contribution is 2.41. The molecule has 1 atom stereocenters. The van der Waals surface area contributed by atoms with E-state index in [9.17, 15) is 9.90 Å². The van der Waals surface area contributed by atoms with Crippen LogP contribution < -0.4 is 4.74 Å². The Hall–Kier alpha value is -2.11. The SMILES string of the molecule is CC1CCCCN1Cc1c(O)ccc2c1O/C(=C\c1ccccc1Br)C2=O. The summed E-state index contributed by atoms with van der Waals surface area (Å²) < 4.78 is 6.87. The topological polar surface area (TPSA) is 49.8 Å². The fourth-order valence-corrected chi connectivity index (χ4v) is 4.18. The number of halogens is 1. The third-order valence-electron chi connectivity index (χ3n) is 5.41. The Morgan fingerprint density at radius 3 is 2.85 bits per heavy atom. The summed E-state index contributed by atoms with van der Waals surface area (Å²) in [6.07, 6.45) is 5.30. The van der Waals surface area contributed by atoms with Crippen molar-refractivity contribution in [3.63, 3.8) is 0 Å². The molecule has 5 heteroatoms. The first kappa shape index (κ1) is 18.3. The summed E-state index contributed by atoms with van der Waals surface area (Å²) in [7, 11) is 0. The van der Waals surface area contributed by atoms with Gasteiger partial charge in [0, 0.05) is 17.1 Å². The van der Waals surface area contributed by atoms with E-state index in [1.54, 1.807) is 18.2 Å². The maximum Gasteiger partial charge on any atom is 0.231 e. The molecule has 0 aliphatic carbocycles. The van der Waals surface area contributed by atoms with Gasteiger partial charge < -0.3 is 9.84 Å². The normalized spacial score (nSPS) is 21.3. The van der Waals surface area contributed by atoms with Crippen LogP contribution >= 0.6 is 15.9 Å². The highest BCUT2D eigenvalue weighted by molar-refractivity contribution is 9.10. The molecule has 1 saturated heterocycles. The van der Waals surface area contributed by atoms with Gasteiger partial charge in [-0.1, -0.05) is 40.5 Å². The van der Waals surface area contributed by atoms with E-state index in [1.807, 2.05) is 24.3 Å². The number of hydrogen-bond acceptors (Lipinski definition) is 4. The molecule has 0 aromatic heterocycles. The lowest BCUT2D eigenvalue weighted by molar-refractivity contribution is 0.101. The number of Topliss-reactive ketones (excluding diaryl/α,β-unsaturated/α-hetero) is 1. The molecule has 2 heterocycles. The second-order valence-electron chi connectivity index (χ2n) is 7.22. The van der Waals surface area contributed by atoms with Crippen molar-refractivity contribution in [2.75, 3.05) is 6.54 Å². The van der Waals surface area contributed by atoms with E-state index in [-0.39, 0.29) is 17.3 Å². The van der Waals surface area contributed by atoms with E-state index < -0.39 is 0 Å². The van der Waals surface area contributed by atoms with Crippen LogP contribution in [0.3, 0.4) is 0 Å². The minimum Gasteiger partial charge on any atom is -0.507 e. The van der Waals surface area contributed by atoms with Crippen molar-refractivity contribution in [3.8, 4) is 11.5 Å². The molecule has 2 aromatic rings. The molecule has 4 nitrogen and oxygen atoms in total. The summed E-state index contributed by atoms with van der Waals surface area (Å²) in [6, 6.07) is 11.4. The van der Waals surface area contributed by atoms with Crippen LogP contribution in [0, 0.1) is 0 Å². The van der Waals surface area contributed by atoms with Gasteiger partial charge in [-0.15, -0.1) is 0 Å². The van der Waals surface area contributed by atoms with Crippen LogP contribution in [0.5, 0.6) is 11.5 Å². The highest BCUT2D eigenvalue weighted by atomic mass is 79.9. The fraction of sp³-hybridized carbons (Fsp3) is 0.318. The second kappa shape index (κ2) is 7.49. The molecule has 1 N–H and O–H groups in total. The van der Waals surface area contributed by atoms with Crippen molar-refractivity contribution >= 4 is 27.8 Å². The first-order valence-electron chi connectivity index (χ1n) is 9.32. The lowest BCUT2D eigenvalue weighted by Gasteiger charge is -2.33. The molecule has 27 heavy (non-hydrogen) atoms. The number of fused-ring (bicyclic) bond motifs is 1. The Labute approximate surface area is 167 Å². The predicted molar refractivity (Wildman–Crippen MR) is 109 cm³/mol. The van der Waals surface area contributed by atoms with E-state index in [0.717, 1.165) is 29.4 Å². The minimum absolute atomic E-state index is 0.145. The van der Waals surface area contributed by atoms with Gasteiger partial charge in [-0.2, -0.15) is 0 Å². The maximum absolute atomic E-state index is 12.8. The van der Waals surface area contributed by atoms with E-state index >= 15 is 0 Å². The monoisotopic (exact) mass is 427 g/mol. The van der Waals surface area contributed by atoms with E-state index in [2.05, 4.69) is 27.8 Å². The summed E-state index contributed by atoms with van der Waals surface area (Å²) in [5.41, 5.74) is 2.10. The number of nitrogens with zero attached hydrogens (tertiary/aromatic N) is 1. The van der Waals surface area contributed by atoms with Gasteiger partial charge in [0.2, 0.25) is 5.78 Å². The van der Waals surface area contributed by atoms with Gasteiger partial charge >= 0.3 is 0 Å². The summed E-state index contributed by atoms with van der Waals surface area (Å²) in [6.45, 7) is 3.80. The van der Waals surface area contributed by atoms with Crippen LogP contribution in [0.4, 0.5) is 0 Å². The molecule has 0 radical (unpaired) electrons. The number of phenolic OH excluding ortho intramolecular Hbond substituents is 1. The molecule has 140 valence electrons. The number of ether oxygens (including phenoxy) is 1. The van der Waals surface area contributed by atoms with E-state index in [4.69, 9.17) is 4.74 Å². The summed E-state index contributed by atoms with van der Waals surface area (Å²) in [4.78, 5) is 15.2. The number of benzene rings is 2. The van der Waals surface area contributed by atoms with Crippen LogP contribution in [-0.4, -0.2) is 28.4 Å². The van der Waals surface area contributed by atoms with Crippen LogP contribution in [0.1, 0.15) is 47.7 Å². The molecule has 2 aromatic carbocycles. The zero-order valence-electron chi connectivity index (χ0n) is 15.2. The number of allylic oxidation sites excluding steroid dienone is 1. The van der Waals surface area contributed by atoms with E-state index in [1.165, 1.54) is 6.42 Å². The molecule has 2 aliphatic heterocycles. The number of likely N-dealkylation sites (tertiary alicyclic amines) is 1. The van der Waals surface area contributed by atoms with Crippen molar-refractivity contribution in [2.45, 2.75) is 38.8 Å². The molecular formula is C22H22BrNO3. The lowest BCUT2D eigenvalue weighted by Crippen LogP contribution is -2.36. The number of ketones is 1. The third-order valence-corrected chi connectivity index (χ3v) is 6.13. The van der Waals surface area contributed by atoms with E-state index in [0.29, 0.717) is 29.5 Å². The van der Waals surface area contributed by atoms with Crippen molar-refractivity contribution in [1.29, 1.82) is 0 Å². The van der Waals surface area contributed by atoms with Crippen LogP contribution in [0.2, 0.25) is 0 Å². The van der Waals surface area contributed by atoms with Crippen LogP contribution in [0.25, 0.3) is 6.08 Å². The molecule has 1 unspecified atom stereocenters. The van der Waals surface area contributed by atoms with Gasteiger partial charge in [0.25, 0.3) is 0 Å². The number of carbonyl (C=O) groups is 1. The Kier molecular flexibility index (Phi) is 5.06. The second-order valence-corrected chi connectivity index (χ2v) is 8.07. The average molecular weight is 428 g/mol. The molecule has 1 fully saturated rings. The van der Waals surface area contributed by atoms with Crippen molar-refractivity contribution in [3.05, 3.63) is 63.3 Å². The first-order valence-corrected chi connectivity index (χ1v) is 10.1.